The number of aromatic hydroxyl groups is 1. The standard InChI is InChI=1S/C9H13O3P.C7H14O/c1-2-12-13-7-11-9-5-3-4-8(10)6-9;1-6-3-2-4-7(8)5-6/h3-6,10,13H,2,7H2,1H3;6-8H,2-5H2,1H3. The number of phenolic OH excluding ortho intramolecular Hbond substituents is 1. The Bertz CT molecular complexity index is 378. The molecule has 0 spiro atoms. The Hall–Kier alpha value is -0.830. The SMILES string of the molecule is CC1CCCC(O)C1.CCOPCOc1cccc(O)c1. The van der Waals surface area contributed by atoms with Crippen LogP contribution in [0.2, 0.25) is 0 Å². The quantitative estimate of drug-likeness (QED) is 0.639. The summed E-state index contributed by atoms with van der Waals surface area (Å²) in [5, 5.41) is 18.2. The average Bonchev–Trinajstić information content (AvgIpc) is 2.44. The molecule has 0 saturated heterocycles. The van der Waals surface area contributed by atoms with E-state index >= 15 is 0 Å². The normalized spacial score (nSPS) is 21.9. The summed E-state index contributed by atoms with van der Waals surface area (Å²) in [5.74, 6) is 1.66. The molecule has 5 heteroatoms. The van der Waals surface area contributed by atoms with E-state index in [2.05, 4.69) is 6.92 Å². The molecular weight excluding hydrogens is 287 g/mol. The molecule has 3 unspecified atom stereocenters. The van der Waals surface area contributed by atoms with E-state index in [0.29, 0.717) is 27.5 Å². The first-order chi connectivity index (χ1) is 10.1. The first-order valence-electron chi connectivity index (χ1n) is 7.56. The summed E-state index contributed by atoms with van der Waals surface area (Å²) in [6.07, 6.45) is 5.15. The second kappa shape index (κ2) is 10.8. The molecule has 1 aromatic carbocycles. The molecule has 1 fully saturated rings. The van der Waals surface area contributed by atoms with Crippen molar-refractivity contribution in [2.45, 2.75) is 45.6 Å². The van der Waals surface area contributed by atoms with Gasteiger partial charge in [-0.3, -0.25) is 0 Å². The summed E-state index contributed by atoms with van der Waals surface area (Å²) in [6, 6.07) is 6.73. The number of rotatable bonds is 5. The Morgan fingerprint density at radius 2 is 2.14 bits per heavy atom. The van der Waals surface area contributed by atoms with E-state index in [1.807, 2.05) is 6.92 Å². The molecule has 0 bridgehead atoms. The van der Waals surface area contributed by atoms with E-state index in [1.54, 1.807) is 24.3 Å². The number of phenols is 1. The van der Waals surface area contributed by atoms with Gasteiger partial charge >= 0.3 is 0 Å². The fraction of sp³-hybridized carbons (Fsp3) is 0.625. The smallest absolute Gasteiger partial charge is 0.129 e. The predicted octanol–water partition coefficient (Wildman–Crippen LogP) is 3.92. The van der Waals surface area contributed by atoms with Crippen LogP contribution < -0.4 is 4.74 Å². The van der Waals surface area contributed by atoms with Gasteiger partial charge in [0.15, 0.2) is 0 Å². The van der Waals surface area contributed by atoms with Crippen molar-refractivity contribution in [1.29, 1.82) is 0 Å². The molecule has 2 rings (SSSR count). The van der Waals surface area contributed by atoms with Crippen LogP contribution in [-0.4, -0.2) is 29.3 Å². The number of aliphatic hydroxyl groups excluding tert-OH is 1. The van der Waals surface area contributed by atoms with Gasteiger partial charge < -0.3 is 19.5 Å². The summed E-state index contributed by atoms with van der Waals surface area (Å²) in [6.45, 7) is 4.87. The number of ether oxygens (including phenoxy) is 1. The van der Waals surface area contributed by atoms with E-state index in [1.165, 1.54) is 12.8 Å². The largest absolute Gasteiger partial charge is 0.508 e. The fourth-order valence-corrected chi connectivity index (χ4v) is 2.74. The lowest BCUT2D eigenvalue weighted by Gasteiger charge is -2.21. The van der Waals surface area contributed by atoms with Crippen LogP contribution in [0.3, 0.4) is 0 Å². The maximum atomic E-state index is 9.11. The van der Waals surface area contributed by atoms with Gasteiger partial charge in [0.05, 0.1) is 14.9 Å². The van der Waals surface area contributed by atoms with Crippen molar-refractivity contribution in [2.75, 3.05) is 13.0 Å². The molecule has 1 aliphatic rings. The minimum absolute atomic E-state index is 0.0127. The lowest BCUT2D eigenvalue weighted by molar-refractivity contribution is 0.106. The van der Waals surface area contributed by atoms with Crippen molar-refractivity contribution in [1.82, 2.24) is 0 Å². The first kappa shape index (κ1) is 18.2. The number of benzene rings is 1. The number of hydrogen-bond donors (Lipinski definition) is 2. The van der Waals surface area contributed by atoms with E-state index in [-0.39, 0.29) is 11.9 Å². The summed E-state index contributed by atoms with van der Waals surface area (Å²) in [7, 11) is 0.351. The average molecular weight is 314 g/mol. The van der Waals surface area contributed by atoms with E-state index < -0.39 is 0 Å². The van der Waals surface area contributed by atoms with Crippen LogP contribution >= 0.6 is 8.81 Å². The molecule has 0 aromatic heterocycles. The van der Waals surface area contributed by atoms with Crippen LogP contribution in [0.5, 0.6) is 11.5 Å². The Labute approximate surface area is 129 Å². The highest BCUT2D eigenvalue weighted by molar-refractivity contribution is 7.31. The van der Waals surface area contributed by atoms with Gasteiger partial charge in [0.25, 0.3) is 0 Å². The van der Waals surface area contributed by atoms with Gasteiger partial charge in [-0.2, -0.15) is 0 Å². The van der Waals surface area contributed by atoms with E-state index in [0.717, 1.165) is 18.8 Å². The molecule has 0 aliphatic heterocycles. The summed E-state index contributed by atoms with van der Waals surface area (Å²) in [5.41, 5.74) is 0. The zero-order valence-electron chi connectivity index (χ0n) is 12.9. The molecule has 0 heterocycles. The highest BCUT2D eigenvalue weighted by Crippen LogP contribution is 2.23. The van der Waals surface area contributed by atoms with Crippen LogP contribution in [0.1, 0.15) is 39.5 Å². The van der Waals surface area contributed by atoms with Crippen molar-refractivity contribution in [3.63, 3.8) is 0 Å². The van der Waals surface area contributed by atoms with Crippen LogP contribution in [0.25, 0.3) is 0 Å². The third-order valence-corrected chi connectivity index (χ3v) is 4.03. The second-order valence-electron chi connectivity index (χ2n) is 5.29. The van der Waals surface area contributed by atoms with E-state index in [4.69, 9.17) is 19.5 Å². The third-order valence-electron chi connectivity index (χ3n) is 3.27. The van der Waals surface area contributed by atoms with Gasteiger partial charge in [-0.1, -0.05) is 25.8 Å². The topological polar surface area (TPSA) is 58.9 Å². The molecule has 1 aromatic rings. The summed E-state index contributed by atoms with van der Waals surface area (Å²) < 4.78 is 10.4. The molecule has 21 heavy (non-hydrogen) atoms. The van der Waals surface area contributed by atoms with Crippen LogP contribution in [0.4, 0.5) is 0 Å². The Morgan fingerprint density at radius 3 is 2.71 bits per heavy atom. The van der Waals surface area contributed by atoms with Crippen LogP contribution in [-0.2, 0) is 4.52 Å². The van der Waals surface area contributed by atoms with Crippen molar-refractivity contribution >= 4 is 8.81 Å². The Morgan fingerprint density at radius 1 is 1.33 bits per heavy atom. The minimum Gasteiger partial charge on any atom is -0.508 e. The third kappa shape index (κ3) is 8.92. The molecule has 1 aliphatic carbocycles. The molecule has 0 radical (unpaired) electrons. The van der Waals surface area contributed by atoms with Gasteiger partial charge in [-0.25, -0.2) is 0 Å². The molecule has 1 saturated carbocycles. The molecular formula is C16H27O4P. The van der Waals surface area contributed by atoms with Crippen molar-refractivity contribution < 1.29 is 19.5 Å². The Kier molecular flexibility index (Phi) is 9.40. The fourth-order valence-electron chi connectivity index (χ4n) is 2.23. The molecule has 3 atom stereocenters. The number of aliphatic hydroxyl groups is 1. The van der Waals surface area contributed by atoms with Gasteiger partial charge in [0, 0.05) is 12.7 Å². The lowest BCUT2D eigenvalue weighted by Crippen LogP contribution is -2.16. The first-order valence-corrected chi connectivity index (χ1v) is 8.68. The van der Waals surface area contributed by atoms with E-state index in [9.17, 15) is 0 Å². The van der Waals surface area contributed by atoms with Crippen LogP contribution in [0, 0.1) is 5.92 Å². The van der Waals surface area contributed by atoms with Gasteiger partial charge in [0.1, 0.15) is 17.8 Å². The lowest BCUT2D eigenvalue weighted by atomic mass is 9.89. The number of hydrogen-bond acceptors (Lipinski definition) is 4. The van der Waals surface area contributed by atoms with Crippen molar-refractivity contribution in [3.8, 4) is 11.5 Å². The van der Waals surface area contributed by atoms with Gasteiger partial charge in [-0.05, 0) is 37.8 Å². The van der Waals surface area contributed by atoms with Crippen LogP contribution in [0.15, 0.2) is 24.3 Å². The van der Waals surface area contributed by atoms with Crippen molar-refractivity contribution in [3.05, 3.63) is 24.3 Å². The highest BCUT2D eigenvalue weighted by Gasteiger charge is 2.15. The Balaban J connectivity index is 0.000000235. The molecule has 4 nitrogen and oxygen atoms in total. The second-order valence-corrected chi connectivity index (χ2v) is 6.16. The van der Waals surface area contributed by atoms with Gasteiger partial charge in [0.2, 0.25) is 0 Å². The zero-order chi connectivity index (χ0) is 15.5. The maximum absolute atomic E-state index is 9.11. The van der Waals surface area contributed by atoms with Gasteiger partial charge in [-0.15, -0.1) is 0 Å². The minimum atomic E-state index is 0.0127. The predicted molar refractivity (Wildman–Crippen MR) is 87.2 cm³/mol. The monoisotopic (exact) mass is 314 g/mol. The molecule has 120 valence electrons. The highest BCUT2D eigenvalue weighted by atomic mass is 31.1. The summed E-state index contributed by atoms with van der Waals surface area (Å²) >= 11 is 0. The molecule has 0 amide bonds. The van der Waals surface area contributed by atoms with Crippen molar-refractivity contribution in [2.24, 2.45) is 5.92 Å². The summed E-state index contributed by atoms with van der Waals surface area (Å²) in [4.78, 5) is 0. The maximum Gasteiger partial charge on any atom is 0.129 e. The zero-order valence-corrected chi connectivity index (χ0v) is 13.9. The molecule has 2 N–H and O–H groups in total.